The van der Waals surface area contributed by atoms with Gasteiger partial charge < -0.3 is 30.3 Å². The van der Waals surface area contributed by atoms with Crippen LogP contribution in [0.4, 0.5) is 9.59 Å². The van der Waals surface area contributed by atoms with Gasteiger partial charge in [0.05, 0.1) is 6.54 Å². The SMILES string of the molecule is CC(C)(C)OC(=O)N(CCCCNCCCN)CCCN(Cc1c2ccccc2cc2ccccc12)C(=O)OC(C)(C)C. The third-order valence-electron chi connectivity index (χ3n) is 6.98. The number of rotatable bonds is 14. The van der Waals surface area contributed by atoms with Crippen molar-refractivity contribution in [2.24, 2.45) is 5.73 Å². The second kappa shape index (κ2) is 15.9. The Morgan fingerprint density at radius 1 is 0.698 bits per heavy atom. The first kappa shape index (κ1) is 34.1. The number of amides is 2. The van der Waals surface area contributed by atoms with Crippen LogP contribution in [0.5, 0.6) is 0 Å². The van der Waals surface area contributed by atoms with Gasteiger partial charge in [-0.25, -0.2) is 9.59 Å². The maximum atomic E-state index is 13.5. The lowest BCUT2D eigenvalue weighted by molar-refractivity contribution is 0.0194. The molecule has 0 radical (unpaired) electrons. The average molecular weight is 593 g/mol. The van der Waals surface area contributed by atoms with E-state index in [0.717, 1.165) is 59.5 Å². The maximum Gasteiger partial charge on any atom is 0.410 e. The molecular formula is C35H52N4O4. The number of unbranched alkanes of at least 4 members (excludes halogenated alkanes) is 1. The zero-order valence-corrected chi connectivity index (χ0v) is 27.1. The van der Waals surface area contributed by atoms with Crippen LogP contribution in [0, 0.1) is 0 Å². The number of hydrogen-bond acceptors (Lipinski definition) is 6. The quantitative estimate of drug-likeness (QED) is 0.153. The van der Waals surface area contributed by atoms with E-state index in [0.29, 0.717) is 39.1 Å². The molecule has 3 N–H and O–H groups in total. The number of benzene rings is 3. The molecule has 0 bridgehead atoms. The standard InChI is InChI=1S/C35H52N4O4/c1-34(2,3)42-32(40)38(22-12-11-20-37-21-13-19-36)23-14-24-39(33(41)43-35(4,5)6)26-31-29-17-9-7-15-27(29)25-28-16-8-10-18-30(28)31/h7-10,15-18,25,37H,11-14,19-24,26,36H2,1-6H3. The number of carbonyl (C=O) groups is 2. The van der Waals surface area contributed by atoms with Gasteiger partial charge in [0.1, 0.15) is 11.2 Å². The van der Waals surface area contributed by atoms with Crippen LogP contribution in [-0.2, 0) is 16.0 Å². The van der Waals surface area contributed by atoms with Crippen molar-refractivity contribution in [2.45, 2.75) is 85.0 Å². The molecule has 0 spiro atoms. The van der Waals surface area contributed by atoms with Gasteiger partial charge in [0.25, 0.3) is 0 Å². The molecule has 0 aromatic heterocycles. The number of hydrogen-bond donors (Lipinski definition) is 2. The summed E-state index contributed by atoms with van der Waals surface area (Å²) in [4.78, 5) is 30.2. The van der Waals surface area contributed by atoms with Gasteiger partial charge in [0.15, 0.2) is 0 Å². The second-order valence-electron chi connectivity index (χ2n) is 13.1. The normalized spacial score (nSPS) is 12.0. The highest BCUT2D eigenvalue weighted by Crippen LogP contribution is 2.30. The van der Waals surface area contributed by atoms with Crippen LogP contribution in [0.3, 0.4) is 0 Å². The van der Waals surface area contributed by atoms with Crippen LogP contribution in [0.25, 0.3) is 21.5 Å². The van der Waals surface area contributed by atoms with Crippen LogP contribution < -0.4 is 11.1 Å². The Morgan fingerprint density at radius 3 is 1.74 bits per heavy atom. The summed E-state index contributed by atoms with van der Waals surface area (Å²) < 4.78 is 11.6. The Hall–Kier alpha value is -3.36. The Morgan fingerprint density at radius 2 is 1.19 bits per heavy atom. The summed E-state index contributed by atoms with van der Waals surface area (Å²) in [6.45, 7) is 15.6. The summed E-state index contributed by atoms with van der Waals surface area (Å²) in [7, 11) is 0. The largest absolute Gasteiger partial charge is 0.444 e. The first-order chi connectivity index (χ1) is 20.4. The van der Waals surface area contributed by atoms with Gasteiger partial charge in [-0.1, -0.05) is 48.5 Å². The second-order valence-corrected chi connectivity index (χ2v) is 13.1. The predicted molar refractivity (Wildman–Crippen MR) is 176 cm³/mol. The lowest BCUT2D eigenvalue weighted by Crippen LogP contribution is -2.41. The fourth-order valence-corrected chi connectivity index (χ4v) is 5.01. The third-order valence-corrected chi connectivity index (χ3v) is 6.98. The van der Waals surface area contributed by atoms with Gasteiger partial charge in [-0.15, -0.1) is 0 Å². The van der Waals surface area contributed by atoms with E-state index in [1.807, 2.05) is 65.8 Å². The Kier molecular flexibility index (Phi) is 12.6. The van der Waals surface area contributed by atoms with E-state index in [1.54, 1.807) is 9.80 Å². The molecule has 8 heteroatoms. The zero-order chi connectivity index (χ0) is 31.5. The summed E-state index contributed by atoms with van der Waals surface area (Å²) in [6, 6.07) is 18.8. The molecule has 8 nitrogen and oxygen atoms in total. The minimum Gasteiger partial charge on any atom is -0.444 e. The first-order valence-electron chi connectivity index (χ1n) is 15.6. The van der Waals surface area contributed by atoms with Crippen molar-refractivity contribution >= 4 is 33.7 Å². The number of carbonyl (C=O) groups excluding carboxylic acids is 2. The lowest BCUT2D eigenvalue weighted by atomic mass is 9.96. The Labute approximate surface area is 257 Å². The van der Waals surface area contributed by atoms with Crippen molar-refractivity contribution in [3.05, 3.63) is 60.2 Å². The number of nitrogens with one attached hydrogen (secondary N) is 1. The van der Waals surface area contributed by atoms with Crippen molar-refractivity contribution in [1.29, 1.82) is 0 Å². The average Bonchev–Trinajstić information content (AvgIpc) is 2.92. The van der Waals surface area contributed by atoms with E-state index < -0.39 is 11.2 Å². The van der Waals surface area contributed by atoms with Crippen molar-refractivity contribution in [2.75, 3.05) is 39.3 Å². The van der Waals surface area contributed by atoms with Gasteiger partial charge in [-0.05, 0) is 120 Å². The number of ether oxygens (including phenoxy) is 2. The molecule has 236 valence electrons. The highest BCUT2D eigenvalue weighted by molar-refractivity contribution is 6.02. The van der Waals surface area contributed by atoms with Crippen molar-refractivity contribution in [3.8, 4) is 0 Å². The van der Waals surface area contributed by atoms with E-state index in [2.05, 4.69) is 35.6 Å². The number of nitrogens with two attached hydrogens (primary N) is 1. The minimum atomic E-state index is -0.628. The van der Waals surface area contributed by atoms with Crippen LogP contribution in [0.2, 0.25) is 0 Å². The summed E-state index contributed by atoms with van der Waals surface area (Å²) in [6.07, 6.45) is 2.65. The van der Waals surface area contributed by atoms with Gasteiger partial charge in [-0.2, -0.15) is 0 Å². The van der Waals surface area contributed by atoms with Crippen molar-refractivity contribution in [1.82, 2.24) is 15.1 Å². The molecule has 0 aliphatic rings. The molecule has 0 saturated heterocycles. The molecular weight excluding hydrogens is 540 g/mol. The topological polar surface area (TPSA) is 97.1 Å². The van der Waals surface area contributed by atoms with Gasteiger partial charge >= 0.3 is 12.2 Å². The van der Waals surface area contributed by atoms with Gasteiger partial charge in [-0.3, -0.25) is 0 Å². The monoisotopic (exact) mass is 592 g/mol. The van der Waals surface area contributed by atoms with Crippen LogP contribution in [-0.4, -0.2) is 72.5 Å². The first-order valence-corrected chi connectivity index (χ1v) is 15.6. The van der Waals surface area contributed by atoms with E-state index in [-0.39, 0.29) is 12.2 Å². The van der Waals surface area contributed by atoms with E-state index in [9.17, 15) is 9.59 Å². The van der Waals surface area contributed by atoms with Crippen LogP contribution in [0.1, 0.15) is 72.8 Å². The van der Waals surface area contributed by atoms with E-state index in [4.69, 9.17) is 15.2 Å². The Bertz CT molecular complexity index is 1270. The predicted octanol–water partition coefficient (Wildman–Crippen LogP) is 7.08. The molecule has 0 saturated carbocycles. The third kappa shape index (κ3) is 11.3. The molecule has 43 heavy (non-hydrogen) atoms. The van der Waals surface area contributed by atoms with Crippen molar-refractivity contribution in [3.63, 3.8) is 0 Å². The fourth-order valence-electron chi connectivity index (χ4n) is 5.01. The number of fused-ring (bicyclic) bond motifs is 2. The molecule has 0 heterocycles. The zero-order valence-electron chi connectivity index (χ0n) is 27.1. The summed E-state index contributed by atoms with van der Waals surface area (Å²) in [5.74, 6) is 0. The summed E-state index contributed by atoms with van der Waals surface area (Å²) in [5, 5.41) is 7.89. The molecule has 0 aliphatic heterocycles. The van der Waals surface area contributed by atoms with Crippen molar-refractivity contribution < 1.29 is 19.1 Å². The molecule has 0 fully saturated rings. The maximum absolute atomic E-state index is 13.5. The molecule has 0 aliphatic carbocycles. The molecule has 2 amide bonds. The lowest BCUT2D eigenvalue weighted by Gasteiger charge is -2.30. The van der Waals surface area contributed by atoms with E-state index in [1.165, 1.54) is 0 Å². The highest BCUT2D eigenvalue weighted by atomic mass is 16.6. The van der Waals surface area contributed by atoms with Crippen LogP contribution in [0.15, 0.2) is 54.6 Å². The molecule has 3 rings (SSSR count). The summed E-state index contributed by atoms with van der Waals surface area (Å²) in [5.41, 5.74) is 5.45. The smallest absolute Gasteiger partial charge is 0.410 e. The Balaban J connectivity index is 1.78. The van der Waals surface area contributed by atoms with Gasteiger partial charge in [0, 0.05) is 19.6 Å². The highest BCUT2D eigenvalue weighted by Gasteiger charge is 2.25. The summed E-state index contributed by atoms with van der Waals surface area (Å²) >= 11 is 0. The molecule has 0 unspecified atom stereocenters. The van der Waals surface area contributed by atoms with Crippen LogP contribution >= 0.6 is 0 Å². The fraction of sp³-hybridized carbons (Fsp3) is 0.543. The molecule has 3 aromatic rings. The number of nitrogens with zero attached hydrogens (tertiary/aromatic N) is 2. The van der Waals surface area contributed by atoms with E-state index >= 15 is 0 Å². The minimum absolute atomic E-state index is 0.326. The molecule has 0 atom stereocenters. The molecule has 3 aromatic carbocycles. The van der Waals surface area contributed by atoms with Gasteiger partial charge in [0.2, 0.25) is 0 Å².